The molecule has 2 atom stereocenters. The van der Waals surface area contributed by atoms with Crippen LogP contribution in [0.1, 0.15) is 44.7 Å². The molecule has 8 nitrogen and oxygen atoms in total. The van der Waals surface area contributed by atoms with Gasteiger partial charge in [0.25, 0.3) is 0 Å². The van der Waals surface area contributed by atoms with Crippen molar-refractivity contribution in [2.75, 3.05) is 0 Å². The van der Waals surface area contributed by atoms with E-state index < -0.39 is 0 Å². The fourth-order valence-corrected chi connectivity index (χ4v) is 3.67. The lowest BCUT2D eigenvalue weighted by atomic mass is 10.0. The molecule has 0 aliphatic heterocycles. The van der Waals surface area contributed by atoms with Gasteiger partial charge in [-0.05, 0) is 39.2 Å². The summed E-state index contributed by atoms with van der Waals surface area (Å²) in [5.41, 5.74) is 4.53. The van der Waals surface area contributed by atoms with Gasteiger partial charge in [-0.2, -0.15) is 5.10 Å². The number of hydrogen-bond donors (Lipinski definition) is 2. The summed E-state index contributed by atoms with van der Waals surface area (Å²) in [6.07, 6.45) is 7.65. The molecule has 4 rings (SSSR count). The van der Waals surface area contributed by atoms with Crippen molar-refractivity contribution in [3.63, 3.8) is 0 Å². The average molecular weight is 368 g/mol. The number of aromatic nitrogens is 5. The molecule has 1 aliphatic rings. The Morgan fingerprint density at radius 2 is 2.26 bits per heavy atom. The predicted molar refractivity (Wildman–Crippen MR) is 101 cm³/mol. The summed E-state index contributed by atoms with van der Waals surface area (Å²) in [4.78, 5) is 24.4. The number of carbonyl (C=O) groups excluding carboxylic acids is 1. The summed E-state index contributed by atoms with van der Waals surface area (Å²) in [7, 11) is 1.91. The lowest BCUT2D eigenvalue weighted by Crippen LogP contribution is -2.33. The van der Waals surface area contributed by atoms with Gasteiger partial charge in [0.05, 0.1) is 17.6 Å². The third-order valence-electron chi connectivity index (χ3n) is 4.98. The molecule has 0 aromatic carbocycles. The maximum absolute atomic E-state index is 11.8. The number of ether oxygens (including phenoxy) is 1. The number of H-pyrrole nitrogens is 1. The molecule has 8 heteroatoms. The van der Waals surface area contributed by atoms with Gasteiger partial charge >= 0.3 is 6.09 Å². The van der Waals surface area contributed by atoms with E-state index in [1.54, 1.807) is 6.20 Å². The Labute approximate surface area is 157 Å². The van der Waals surface area contributed by atoms with Gasteiger partial charge in [-0.15, -0.1) is 0 Å². The van der Waals surface area contributed by atoms with Gasteiger partial charge in [-0.25, -0.2) is 14.8 Å². The summed E-state index contributed by atoms with van der Waals surface area (Å²) in [6.45, 7) is 3.83. The highest BCUT2D eigenvalue weighted by atomic mass is 16.6. The Morgan fingerprint density at radius 3 is 3.00 bits per heavy atom. The van der Waals surface area contributed by atoms with Crippen LogP contribution in [0.15, 0.2) is 24.7 Å². The molecule has 1 fully saturated rings. The summed E-state index contributed by atoms with van der Waals surface area (Å²) in [6, 6.07) is 2.03. The Balaban J connectivity index is 1.53. The second-order valence-electron chi connectivity index (χ2n) is 7.37. The lowest BCUT2D eigenvalue weighted by molar-refractivity contribution is 0.0981. The van der Waals surface area contributed by atoms with Crippen molar-refractivity contribution < 1.29 is 9.53 Å². The molecule has 0 spiro atoms. The number of carbonyl (C=O) groups is 1. The first-order chi connectivity index (χ1) is 13.0. The number of aromatic amines is 1. The van der Waals surface area contributed by atoms with Gasteiger partial charge in [0.15, 0.2) is 5.65 Å². The van der Waals surface area contributed by atoms with E-state index in [-0.39, 0.29) is 24.2 Å². The average Bonchev–Trinajstić information content (AvgIpc) is 3.33. The number of rotatable bonds is 4. The quantitative estimate of drug-likeness (QED) is 0.737. The number of aryl methyl sites for hydroxylation is 1. The third-order valence-corrected chi connectivity index (χ3v) is 4.98. The zero-order chi connectivity index (χ0) is 19.0. The number of nitrogens with zero attached hydrogens (tertiary/aromatic N) is 4. The van der Waals surface area contributed by atoms with E-state index in [0.717, 1.165) is 47.4 Å². The van der Waals surface area contributed by atoms with Crippen LogP contribution in [0.4, 0.5) is 4.79 Å². The van der Waals surface area contributed by atoms with Crippen LogP contribution in [0.5, 0.6) is 0 Å². The fraction of sp³-hybridized carbons (Fsp3) is 0.474. The molecule has 0 unspecified atom stereocenters. The molecule has 1 aliphatic carbocycles. The smallest absolute Gasteiger partial charge is 0.407 e. The van der Waals surface area contributed by atoms with Crippen molar-refractivity contribution in [1.82, 2.24) is 30.0 Å². The van der Waals surface area contributed by atoms with Gasteiger partial charge in [-0.3, -0.25) is 4.68 Å². The number of nitrogens with one attached hydrogen (secondary N) is 2. The highest BCUT2D eigenvalue weighted by molar-refractivity contribution is 5.89. The van der Waals surface area contributed by atoms with Gasteiger partial charge in [0, 0.05) is 37.0 Å². The maximum atomic E-state index is 11.8. The summed E-state index contributed by atoms with van der Waals surface area (Å²) in [5.74, 6) is 0.244. The lowest BCUT2D eigenvalue weighted by Gasteiger charge is -2.15. The zero-order valence-electron chi connectivity index (χ0n) is 15.8. The molecule has 1 saturated carbocycles. The van der Waals surface area contributed by atoms with Crippen LogP contribution in [0.2, 0.25) is 0 Å². The molecular weight excluding hydrogens is 344 g/mol. The van der Waals surface area contributed by atoms with E-state index in [9.17, 15) is 4.79 Å². The Morgan fingerprint density at radius 1 is 1.41 bits per heavy atom. The molecule has 2 N–H and O–H groups in total. The highest BCUT2D eigenvalue weighted by Crippen LogP contribution is 2.36. The Hall–Kier alpha value is -2.90. The van der Waals surface area contributed by atoms with Gasteiger partial charge in [0.2, 0.25) is 0 Å². The first kappa shape index (κ1) is 17.5. The molecule has 3 heterocycles. The topological polar surface area (TPSA) is 97.7 Å². The SMILES string of the molecule is CC(C)NC(=O)O[C@@H]1CC[C@H](c2cnc3[nH]cc(-c4ccnn4C)c3n2)C1. The Kier molecular flexibility index (Phi) is 4.55. The van der Waals surface area contributed by atoms with Gasteiger partial charge < -0.3 is 15.0 Å². The number of amides is 1. The van der Waals surface area contributed by atoms with Crippen LogP contribution in [-0.4, -0.2) is 43.0 Å². The molecule has 0 saturated heterocycles. The maximum Gasteiger partial charge on any atom is 0.407 e. The van der Waals surface area contributed by atoms with Crippen molar-refractivity contribution in [3.05, 3.63) is 30.4 Å². The molecule has 0 bridgehead atoms. The van der Waals surface area contributed by atoms with Crippen LogP contribution < -0.4 is 5.32 Å². The summed E-state index contributed by atoms with van der Waals surface area (Å²) < 4.78 is 7.35. The normalized spacial score (nSPS) is 19.7. The largest absolute Gasteiger partial charge is 0.446 e. The van der Waals surface area contributed by atoms with Crippen LogP contribution in [-0.2, 0) is 11.8 Å². The molecular formula is C19H24N6O2. The minimum atomic E-state index is -0.346. The summed E-state index contributed by atoms with van der Waals surface area (Å²) >= 11 is 0. The standard InChI is InChI=1S/C19H24N6O2/c1-11(2)23-19(26)27-13-5-4-12(8-13)15-10-21-18-17(24-15)14(9-20-18)16-6-7-22-25(16)3/h6-7,9-13H,4-5,8H2,1-3H3,(H,20,21)(H,23,26)/t12-,13+/m0/s1. The predicted octanol–water partition coefficient (Wildman–Crippen LogP) is 3.13. The van der Waals surface area contributed by atoms with Gasteiger partial charge in [0.1, 0.15) is 11.6 Å². The first-order valence-electron chi connectivity index (χ1n) is 9.31. The minimum Gasteiger partial charge on any atom is -0.446 e. The second-order valence-corrected chi connectivity index (χ2v) is 7.37. The van der Waals surface area contributed by atoms with Crippen molar-refractivity contribution in [1.29, 1.82) is 0 Å². The van der Waals surface area contributed by atoms with E-state index in [4.69, 9.17) is 9.72 Å². The molecule has 3 aromatic rings. The number of hydrogen-bond acceptors (Lipinski definition) is 5. The monoisotopic (exact) mass is 368 g/mol. The molecule has 0 radical (unpaired) electrons. The van der Waals surface area contributed by atoms with Crippen LogP contribution >= 0.6 is 0 Å². The van der Waals surface area contributed by atoms with Gasteiger partial charge in [-0.1, -0.05) is 0 Å². The minimum absolute atomic E-state index is 0.0713. The van der Waals surface area contributed by atoms with Crippen LogP contribution in [0.25, 0.3) is 22.4 Å². The molecule has 142 valence electrons. The Bertz CT molecular complexity index is 960. The van der Waals surface area contributed by atoms with Crippen LogP contribution in [0.3, 0.4) is 0 Å². The van der Waals surface area contributed by atoms with E-state index in [1.807, 2.05) is 44.0 Å². The van der Waals surface area contributed by atoms with Crippen molar-refractivity contribution in [2.45, 2.75) is 51.2 Å². The molecule has 27 heavy (non-hydrogen) atoms. The summed E-state index contributed by atoms with van der Waals surface area (Å²) in [5, 5.41) is 7.01. The van der Waals surface area contributed by atoms with E-state index in [1.165, 1.54) is 0 Å². The van der Waals surface area contributed by atoms with Crippen LogP contribution in [0, 0.1) is 0 Å². The second kappa shape index (κ2) is 7.02. The highest BCUT2D eigenvalue weighted by Gasteiger charge is 2.30. The van der Waals surface area contributed by atoms with Crippen molar-refractivity contribution in [3.8, 4) is 11.3 Å². The van der Waals surface area contributed by atoms with E-state index >= 15 is 0 Å². The molecule has 1 amide bonds. The molecule has 3 aromatic heterocycles. The van der Waals surface area contributed by atoms with Crippen molar-refractivity contribution in [2.24, 2.45) is 7.05 Å². The first-order valence-corrected chi connectivity index (χ1v) is 9.31. The number of fused-ring (bicyclic) bond motifs is 1. The van der Waals surface area contributed by atoms with E-state index in [0.29, 0.717) is 0 Å². The third kappa shape index (κ3) is 3.51. The number of alkyl carbamates (subject to hydrolysis) is 1. The zero-order valence-corrected chi connectivity index (χ0v) is 15.8. The van der Waals surface area contributed by atoms with E-state index in [2.05, 4.69) is 20.4 Å². The van der Waals surface area contributed by atoms with Crippen molar-refractivity contribution >= 4 is 17.3 Å². The fourth-order valence-electron chi connectivity index (χ4n) is 3.67.